The van der Waals surface area contributed by atoms with Gasteiger partial charge in [-0.1, -0.05) is 28.1 Å². The fraction of sp³-hybridized carbons (Fsp3) is 0.250. The number of fused-ring (bicyclic) bond motifs is 1. The summed E-state index contributed by atoms with van der Waals surface area (Å²) in [5, 5.41) is 4.59. The van der Waals surface area contributed by atoms with Crippen LogP contribution in [0, 0.1) is 0 Å². The summed E-state index contributed by atoms with van der Waals surface area (Å²) in [5.41, 5.74) is 0. The summed E-state index contributed by atoms with van der Waals surface area (Å²) < 4.78 is 6.52. The predicted octanol–water partition coefficient (Wildman–Crippen LogP) is 2.19. The molecule has 0 aliphatic rings. The van der Waals surface area contributed by atoms with Crippen LogP contribution in [0.5, 0.6) is 5.75 Å². The van der Waals surface area contributed by atoms with E-state index in [2.05, 4.69) is 21.2 Å². The second kappa shape index (κ2) is 7.26. The van der Waals surface area contributed by atoms with Crippen LogP contribution in [0.3, 0.4) is 0 Å². The molecular formula is C16H17BrN2O3. The van der Waals surface area contributed by atoms with Crippen LogP contribution >= 0.6 is 15.9 Å². The number of hydrogen-bond acceptors (Lipinski definition) is 3. The maximum atomic E-state index is 11.9. The van der Waals surface area contributed by atoms with Crippen molar-refractivity contribution in [3.05, 3.63) is 40.9 Å². The van der Waals surface area contributed by atoms with Crippen molar-refractivity contribution in [1.29, 1.82) is 0 Å². The minimum absolute atomic E-state index is 0.0183. The second-order valence-corrected chi connectivity index (χ2v) is 5.78. The Morgan fingerprint density at radius 3 is 2.59 bits per heavy atom. The lowest BCUT2D eigenvalue weighted by Gasteiger charge is -2.16. The van der Waals surface area contributed by atoms with Crippen molar-refractivity contribution in [1.82, 2.24) is 10.2 Å². The van der Waals surface area contributed by atoms with Crippen LogP contribution in [-0.2, 0) is 9.59 Å². The number of carbonyl (C=O) groups excluding carboxylic acids is 2. The van der Waals surface area contributed by atoms with Gasteiger partial charge in [-0.2, -0.15) is 0 Å². The number of nitrogens with zero attached hydrogens (tertiary/aromatic N) is 1. The van der Waals surface area contributed by atoms with Crippen LogP contribution in [0.1, 0.15) is 0 Å². The Hall–Kier alpha value is -2.08. The summed E-state index contributed by atoms with van der Waals surface area (Å²) in [6.45, 7) is -0.0834. The quantitative estimate of drug-likeness (QED) is 0.884. The van der Waals surface area contributed by atoms with Crippen LogP contribution in [0.25, 0.3) is 10.8 Å². The molecule has 0 unspecified atom stereocenters. The highest BCUT2D eigenvalue weighted by atomic mass is 79.9. The third-order valence-corrected chi connectivity index (χ3v) is 3.71. The van der Waals surface area contributed by atoms with Crippen LogP contribution in [0.15, 0.2) is 40.9 Å². The molecule has 0 aliphatic carbocycles. The van der Waals surface area contributed by atoms with Crippen LogP contribution in [0.4, 0.5) is 0 Å². The lowest BCUT2D eigenvalue weighted by Crippen LogP contribution is -2.39. The van der Waals surface area contributed by atoms with Crippen LogP contribution < -0.4 is 10.1 Å². The molecule has 2 rings (SSSR count). The average molecular weight is 365 g/mol. The number of hydrogen-bond donors (Lipinski definition) is 1. The third kappa shape index (κ3) is 4.21. The number of likely N-dealkylation sites (N-methyl/N-ethyl adjacent to an activating group) is 2. The summed E-state index contributed by atoms with van der Waals surface area (Å²) in [6, 6.07) is 11.6. The van der Waals surface area contributed by atoms with E-state index in [1.807, 2.05) is 36.4 Å². The highest BCUT2D eigenvalue weighted by Crippen LogP contribution is 2.24. The average Bonchev–Trinajstić information content (AvgIpc) is 2.52. The van der Waals surface area contributed by atoms with Gasteiger partial charge in [-0.25, -0.2) is 0 Å². The topological polar surface area (TPSA) is 58.6 Å². The molecule has 0 saturated carbocycles. The normalized spacial score (nSPS) is 10.3. The Bertz CT molecular complexity index is 703. The largest absolute Gasteiger partial charge is 0.484 e. The van der Waals surface area contributed by atoms with E-state index in [1.54, 1.807) is 7.05 Å². The molecule has 2 aromatic rings. The Labute approximate surface area is 137 Å². The zero-order valence-corrected chi connectivity index (χ0v) is 14.0. The van der Waals surface area contributed by atoms with Gasteiger partial charge in [0.25, 0.3) is 5.91 Å². The molecule has 0 bridgehead atoms. The van der Waals surface area contributed by atoms with Gasteiger partial charge in [0.15, 0.2) is 6.61 Å². The molecule has 0 aliphatic heterocycles. The fourth-order valence-electron chi connectivity index (χ4n) is 1.92. The molecule has 22 heavy (non-hydrogen) atoms. The van der Waals surface area contributed by atoms with Gasteiger partial charge in [0.1, 0.15) is 5.75 Å². The number of carbonyl (C=O) groups is 2. The molecule has 5 nitrogen and oxygen atoms in total. The maximum Gasteiger partial charge on any atom is 0.260 e. The molecule has 0 saturated heterocycles. The van der Waals surface area contributed by atoms with Crippen molar-refractivity contribution in [2.45, 2.75) is 0 Å². The van der Waals surface area contributed by atoms with Crippen molar-refractivity contribution in [3.8, 4) is 5.75 Å². The molecule has 2 aromatic carbocycles. The van der Waals surface area contributed by atoms with Gasteiger partial charge in [-0.05, 0) is 35.0 Å². The van der Waals surface area contributed by atoms with E-state index in [1.165, 1.54) is 11.9 Å². The smallest absolute Gasteiger partial charge is 0.260 e. The summed E-state index contributed by atoms with van der Waals surface area (Å²) >= 11 is 3.43. The first-order valence-electron chi connectivity index (χ1n) is 6.76. The lowest BCUT2D eigenvalue weighted by molar-refractivity contribution is -0.136. The second-order valence-electron chi connectivity index (χ2n) is 4.86. The number of amides is 2. The molecule has 1 N–H and O–H groups in total. The van der Waals surface area contributed by atoms with E-state index in [0.717, 1.165) is 15.2 Å². The molecule has 0 fully saturated rings. The molecule has 0 spiro atoms. The third-order valence-electron chi connectivity index (χ3n) is 3.22. The minimum Gasteiger partial charge on any atom is -0.484 e. The Morgan fingerprint density at radius 1 is 1.18 bits per heavy atom. The fourth-order valence-corrected chi connectivity index (χ4v) is 2.30. The van der Waals surface area contributed by atoms with Crippen molar-refractivity contribution in [2.24, 2.45) is 0 Å². The molecule has 116 valence electrons. The Morgan fingerprint density at radius 2 is 1.86 bits per heavy atom. The molecule has 0 radical (unpaired) electrons. The van der Waals surface area contributed by atoms with Crippen LogP contribution in [-0.4, -0.2) is 44.0 Å². The molecular weight excluding hydrogens is 348 g/mol. The molecule has 2 amide bonds. The van der Waals surface area contributed by atoms with E-state index < -0.39 is 0 Å². The standard InChI is InChI=1S/C16H17BrN2O3/c1-18-15(20)9-19(2)16(21)10-22-14-6-4-11-7-13(17)5-3-12(11)8-14/h3-8H,9-10H2,1-2H3,(H,18,20). The summed E-state index contributed by atoms with van der Waals surface area (Å²) in [5.74, 6) is 0.156. The van der Waals surface area contributed by atoms with E-state index >= 15 is 0 Å². The van der Waals surface area contributed by atoms with Gasteiger partial charge >= 0.3 is 0 Å². The van der Waals surface area contributed by atoms with Gasteiger partial charge < -0.3 is 15.0 Å². The Kier molecular flexibility index (Phi) is 5.38. The highest BCUT2D eigenvalue weighted by molar-refractivity contribution is 9.10. The number of halogens is 1. The van der Waals surface area contributed by atoms with Crippen LogP contribution in [0.2, 0.25) is 0 Å². The van der Waals surface area contributed by atoms with Gasteiger partial charge in [0.2, 0.25) is 5.91 Å². The highest BCUT2D eigenvalue weighted by Gasteiger charge is 2.12. The lowest BCUT2D eigenvalue weighted by atomic mass is 10.1. The molecule has 0 atom stereocenters. The molecule has 6 heteroatoms. The number of nitrogens with one attached hydrogen (secondary N) is 1. The minimum atomic E-state index is -0.250. The maximum absolute atomic E-state index is 11.9. The molecule has 0 aromatic heterocycles. The zero-order valence-electron chi connectivity index (χ0n) is 12.4. The van der Waals surface area contributed by atoms with Crippen molar-refractivity contribution < 1.29 is 14.3 Å². The summed E-state index contributed by atoms with van der Waals surface area (Å²) in [6.07, 6.45) is 0. The summed E-state index contributed by atoms with van der Waals surface area (Å²) in [4.78, 5) is 24.4. The van der Waals surface area contributed by atoms with Crippen molar-refractivity contribution in [3.63, 3.8) is 0 Å². The monoisotopic (exact) mass is 364 g/mol. The van der Waals surface area contributed by atoms with E-state index in [9.17, 15) is 9.59 Å². The Balaban J connectivity index is 1.98. The number of rotatable bonds is 5. The predicted molar refractivity (Wildman–Crippen MR) is 88.8 cm³/mol. The molecule has 0 heterocycles. The first kappa shape index (κ1) is 16.3. The summed E-state index contributed by atoms with van der Waals surface area (Å²) in [7, 11) is 3.10. The van der Waals surface area contributed by atoms with Crippen molar-refractivity contribution in [2.75, 3.05) is 27.2 Å². The van der Waals surface area contributed by atoms with Crippen molar-refractivity contribution >= 4 is 38.5 Å². The van der Waals surface area contributed by atoms with E-state index in [0.29, 0.717) is 5.75 Å². The number of ether oxygens (including phenoxy) is 1. The first-order valence-corrected chi connectivity index (χ1v) is 7.55. The van der Waals surface area contributed by atoms with Gasteiger partial charge in [0.05, 0.1) is 6.54 Å². The van der Waals surface area contributed by atoms with Gasteiger partial charge in [0, 0.05) is 18.6 Å². The SMILES string of the molecule is CNC(=O)CN(C)C(=O)COc1ccc2cc(Br)ccc2c1. The van der Waals surface area contributed by atoms with Gasteiger partial charge in [-0.3, -0.25) is 9.59 Å². The van der Waals surface area contributed by atoms with E-state index in [-0.39, 0.29) is 25.0 Å². The first-order chi connectivity index (χ1) is 10.5. The van der Waals surface area contributed by atoms with Gasteiger partial charge in [-0.15, -0.1) is 0 Å². The zero-order chi connectivity index (χ0) is 16.1. The van der Waals surface area contributed by atoms with E-state index in [4.69, 9.17) is 4.74 Å². The number of benzene rings is 2.